The number of para-hydroxylation sites is 3. The lowest BCUT2D eigenvalue weighted by Crippen LogP contribution is -2.27. The molecule has 0 atom stereocenters. The van der Waals surface area contributed by atoms with Crippen molar-refractivity contribution < 1.29 is 9.59 Å². The van der Waals surface area contributed by atoms with Gasteiger partial charge >= 0.3 is 0 Å². The third-order valence-electron chi connectivity index (χ3n) is 5.08. The normalized spacial score (nSPS) is 13.5. The highest BCUT2D eigenvalue weighted by atomic mass is 16.2. The molecule has 1 aliphatic rings. The van der Waals surface area contributed by atoms with Crippen LogP contribution in [0.15, 0.2) is 48.5 Å². The van der Waals surface area contributed by atoms with Crippen LogP contribution < -0.4 is 10.6 Å². The SMILES string of the molecule is CCc1ccccc1NC(=O)Cn1c(CNC(=O)C2CC2)nc2ccccc21. The summed E-state index contributed by atoms with van der Waals surface area (Å²) in [5.74, 6) is 0.791. The van der Waals surface area contributed by atoms with Crippen LogP contribution in [0.25, 0.3) is 11.0 Å². The van der Waals surface area contributed by atoms with Crippen molar-refractivity contribution >= 4 is 28.5 Å². The summed E-state index contributed by atoms with van der Waals surface area (Å²) in [6.45, 7) is 2.53. The van der Waals surface area contributed by atoms with Gasteiger partial charge in [-0.3, -0.25) is 9.59 Å². The van der Waals surface area contributed by atoms with E-state index in [-0.39, 0.29) is 24.3 Å². The molecular formula is C22H24N4O2. The highest BCUT2D eigenvalue weighted by Crippen LogP contribution is 2.29. The van der Waals surface area contributed by atoms with Crippen LogP contribution in [0, 0.1) is 5.92 Å². The van der Waals surface area contributed by atoms with Gasteiger partial charge in [0.05, 0.1) is 17.6 Å². The quantitative estimate of drug-likeness (QED) is 0.664. The van der Waals surface area contributed by atoms with E-state index in [9.17, 15) is 9.59 Å². The monoisotopic (exact) mass is 376 g/mol. The maximum absolute atomic E-state index is 12.8. The lowest BCUT2D eigenvalue weighted by atomic mass is 10.1. The number of benzene rings is 2. The standard InChI is InChI=1S/C22H24N4O2/c1-2-15-7-3-4-8-17(15)25-21(27)14-26-19-10-6-5-9-18(19)24-20(26)13-23-22(28)16-11-12-16/h3-10,16H,2,11-14H2,1H3,(H,23,28)(H,25,27). The van der Waals surface area contributed by atoms with Crippen molar-refractivity contribution in [2.24, 2.45) is 5.92 Å². The number of imidazole rings is 1. The van der Waals surface area contributed by atoms with Gasteiger partial charge in [-0.1, -0.05) is 37.3 Å². The van der Waals surface area contributed by atoms with Gasteiger partial charge in [0.25, 0.3) is 0 Å². The highest BCUT2D eigenvalue weighted by Gasteiger charge is 2.29. The Bertz CT molecular complexity index is 1020. The molecule has 1 fully saturated rings. The first-order chi connectivity index (χ1) is 13.7. The van der Waals surface area contributed by atoms with E-state index >= 15 is 0 Å². The largest absolute Gasteiger partial charge is 0.349 e. The second-order valence-electron chi connectivity index (χ2n) is 7.15. The number of nitrogens with one attached hydrogen (secondary N) is 2. The Hall–Kier alpha value is -3.15. The molecule has 2 N–H and O–H groups in total. The Labute approximate surface area is 164 Å². The molecule has 0 aliphatic heterocycles. The van der Waals surface area contributed by atoms with Gasteiger partial charge in [0.1, 0.15) is 12.4 Å². The number of anilines is 1. The molecule has 1 aromatic heterocycles. The van der Waals surface area contributed by atoms with Crippen molar-refractivity contribution in [2.75, 3.05) is 5.32 Å². The number of carbonyl (C=O) groups excluding carboxylic acids is 2. The van der Waals surface area contributed by atoms with E-state index in [4.69, 9.17) is 0 Å². The molecule has 0 spiro atoms. The molecule has 1 saturated carbocycles. The molecule has 4 rings (SSSR count). The number of rotatable bonds is 7. The van der Waals surface area contributed by atoms with E-state index in [1.165, 1.54) is 0 Å². The van der Waals surface area contributed by atoms with Crippen molar-refractivity contribution in [3.8, 4) is 0 Å². The van der Waals surface area contributed by atoms with Crippen molar-refractivity contribution in [1.82, 2.24) is 14.9 Å². The summed E-state index contributed by atoms with van der Waals surface area (Å²) < 4.78 is 1.88. The molecule has 0 saturated heterocycles. The molecule has 6 nitrogen and oxygen atoms in total. The predicted octanol–water partition coefficient (Wildman–Crippen LogP) is 3.26. The van der Waals surface area contributed by atoms with Crippen LogP contribution in [-0.4, -0.2) is 21.4 Å². The Morgan fingerprint density at radius 3 is 2.64 bits per heavy atom. The van der Waals surface area contributed by atoms with E-state index in [1.54, 1.807) is 0 Å². The Morgan fingerprint density at radius 2 is 1.86 bits per heavy atom. The van der Waals surface area contributed by atoms with Crippen LogP contribution >= 0.6 is 0 Å². The molecule has 2 aromatic carbocycles. The predicted molar refractivity (Wildman–Crippen MR) is 109 cm³/mol. The summed E-state index contributed by atoms with van der Waals surface area (Å²) in [7, 11) is 0. The van der Waals surface area contributed by atoms with Gasteiger partial charge in [-0.15, -0.1) is 0 Å². The average molecular weight is 376 g/mol. The number of nitrogens with zero attached hydrogens (tertiary/aromatic N) is 2. The molecule has 1 aliphatic carbocycles. The number of aryl methyl sites for hydroxylation is 1. The number of aromatic nitrogens is 2. The van der Waals surface area contributed by atoms with Crippen molar-refractivity contribution in [3.05, 3.63) is 59.9 Å². The average Bonchev–Trinajstić information content (AvgIpc) is 3.50. The van der Waals surface area contributed by atoms with E-state index in [0.29, 0.717) is 12.4 Å². The van der Waals surface area contributed by atoms with Crippen molar-refractivity contribution in [3.63, 3.8) is 0 Å². The molecule has 3 aromatic rings. The minimum absolute atomic E-state index is 0.0694. The molecule has 28 heavy (non-hydrogen) atoms. The maximum Gasteiger partial charge on any atom is 0.244 e. The van der Waals surface area contributed by atoms with Gasteiger partial charge in [-0.2, -0.15) is 0 Å². The molecule has 2 amide bonds. The fourth-order valence-corrected chi connectivity index (χ4v) is 3.38. The van der Waals surface area contributed by atoms with Gasteiger partial charge in [0.2, 0.25) is 11.8 Å². The molecule has 6 heteroatoms. The molecule has 1 heterocycles. The smallest absolute Gasteiger partial charge is 0.244 e. The van der Waals surface area contributed by atoms with Gasteiger partial charge in [-0.05, 0) is 43.0 Å². The van der Waals surface area contributed by atoms with Gasteiger partial charge < -0.3 is 15.2 Å². The fourth-order valence-electron chi connectivity index (χ4n) is 3.38. The number of hydrogen-bond acceptors (Lipinski definition) is 3. The summed E-state index contributed by atoms with van der Waals surface area (Å²) >= 11 is 0. The van der Waals surface area contributed by atoms with Gasteiger partial charge in [-0.25, -0.2) is 4.98 Å². The van der Waals surface area contributed by atoms with Crippen LogP contribution in [-0.2, 0) is 29.1 Å². The molecule has 0 bridgehead atoms. The zero-order valence-corrected chi connectivity index (χ0v) is 15.9. The second kappa shape index (κ2) is 7.84. The minimum Gasteiger partial charge on any atom is -0.349 e. The molecule has 0 unspecified atom stereocenters. The number of hydrogen-bond donors (Lipinski definition) is 2. The van der Waals surface area contributed by atoms with E-state index in [0.717, 1.165) is 41.5 Å². The number of carbonyl (C=O) groups is 2. The molecule has 0 radical (unpaired) electrons. The summed E-state index contributed by atoms with van der Waals surface area (Å²) in [5, 5.41) is 5.96. The Morgan fingerprint density at radius 1 is 1.11 bits per heavy atom. The van der Waals surface area contributed by atoms with E-state index < -0.39 is 0 Å². The first-order valence-corrected chi connectivity index (χ1v) is 9.75. The van der Waals surface area contributed by atoms with E-state index in [1.807, 2.05) is 53.1 Å². The van der Waals surface area contributed by atoms with Crippen LogP contribution in [0.2, 0.25) is 0 Å². The minimum atomic E-state index is -0.112. The first-order valence-electron chi connectivity index (χ1n) is 9.75. The summed E-state index contributed by atoms with van der Waals surface area (Å²) in [5.41, 5.74) is 3.64. The zero-order valence-electron chi connectivity index (χ0n) is 15.9. The summed E-state index contributed by atoms with van der Waals surface area (Å²) in [6.07, 6.45) is 2.77. The van der Waals surface area contributed by atoms with Crippen LogP contribution in [0.1, 0.15) is 31.2 Å². The zero-order chi connectivity index (χ0) is 19.5. The maximum atomic E-state index is 12.8. The van der Waals surface area contributed by atoms with Crippen molar-refractivity contribution in [2.45, 2.75) is 39.3 Å². The molecule has 144 valence electrons. The number of amides is 2. The third-order valence-corrected chi connectivity index (χ3v) is 5.08. The summed E-state index contributed by atoms with van der Waals surface area (Å²) in [4.78, 5) is 29.4. The van der Waals surface area contributed by atoms with Crippen LogP contribution in [0.4, 0.5) is 5.69 Å². The van der Waals surface area contributed by atoms with Gasteiger partial charge in [0, 0.05) is 11.6 Å². The van der Waals surface area contributed by atoms with Crippen molar-refractivity contribution in [1.29, 1.82) is 0 Å². The fraction of sp³-hybridized carbons (Fsp3) is 0.318. The number of fused-ring (bicyclic) bond motifs is 1. The second-order valence-corrected chi connectivity index (χ2v) is 7.15. The highest BCUT2D eigenvalue weighted by molar-refractivity contribution is 5.92. The Balaban J connectivity index is 1.55. The van der Waals surface area contributed by atoms with Crippen LogP contribution in [0.5, 0.6) is 0 Å². The molecular weight excluding hydrogens is 352 g/mol. The third kappa shape index (κ3) is 3.91. The topological polar surface area (TPSA) is 76.0 Å². The van der Waals surface area contributed by atoms with Gasteiger partial charge in [0.15, 0.2) is 0 Å². The lowest BCUT2D eigenvalue weighted by molar-refractivity contribution is -0.122. The first kappa shape index (κ1) is 18.2. The Kier molecular flexibility index (Phi) is 5.10. The summed E-state index contributed by atoms with van der Waals surface area (Å²) in [6, 6.07) is 15.5. The van der Waals surface area contributed by atoms with E-state index in [2.05, 4.69) is 22.5 Å². The van der Waals surface area contributed by atoms with Crippen LogP contribution in [0.3, 0.4) is 0 Å². The lowest BCUT2D eigenvalue weighted by Gasteiger charge is -2.12.